The molecule has 1 aromatic heterocycles. The largest absolute Gasteiger partial charge is 0.395 e. The highest BCUT2D eigenvalue weighted by molar-refractivity contribution is 5.15. The molecule has 134 valence electrons. The van der Waals surface area contributed by atoms with Crippen LogP contribution in [0.25, 0.3) is 0 Å². The highest BCUT2D eigenvalue weighted by atomic mass is 16.5. The van der Waals surface area contributed by atoms with E-state index >= 15 is 0 Å². The molecular weight excluding hydrogens is 314 g/mol. The zero-order valence-electron chi connectivity index (χ0n) is 14.7. The van der Waals surface area contributed by atoms with Gasteiger partial charge in [0.15, 0.2) is 5.82 Å². The fourth-order valence-corrected chi connectivity index (χ4v) is 4.01. The molecule has 0 amide bonds. The predicted octanol–water partition coefficient (Wildman–Crippen LogP) is 3.50. The van der Waals surface area contributed by atoms with Crippen molar-refractivity contribution in [3.05, 3.63) is 47.6 Å². The van der Waals surface area contributed by atoms with Crippen LogP contribution in [0.1, 0.15) is 61.7 Å². The van der Waals surface area contributed by atoms with Gasteiger partial charge in [-0.15, -0.1) is 0 Å². The molecule has 4 rings (SSSR count). The second-order valence-electron chi connectivity index (χ2n) is 7.51. The molecule has 1 heterocycles. The maximum atomic E-state index is 9.93. The van der Waals surface area contributed by atoms with Crippen LogP contribution in [0.3, 0.4) is 0 Å². The summed E-state index contributed by atoms with van der Waals surface area (Å²) in [5.41, 5.74) is 1.25. The first-order valence-corrected chi connectivity index (χ1v) is 9.55. The molecule has 0 spiro atoms. The average molecular weight is 341 g/mol. The Bertz CT molecular complexity index is 663. The molecule has 1 atom stereocenters. The van der Waals surface area contributed by atoms with E-state index < -0.39 is 0 Å². The van der Waals surface area contributed by atoms with Crippen LogP contribution in [-0.4, -0.2) is 32.8 Å². The third kappa shape index (κ3) is 4.10. The van der Waals surface area contributed by atoms with E-state index in [1.807, 2.05) is 6.07 Å². The summed E-state index contributed by atoms with van der Waals surface area (Å²) in [4.78, 5) is 6.97. The van der Waals surface area contributed by atoms with Crippen molar-refractivity contribution < 1.29 is 9.63 Å². The maximum absolute atomic E-state index is 9.93. The van der Waals surface area contributed by atoms with Crippen molar-refractivity contribution in [1.29, 1.82) is 0 Å². The SMILES string of the molecule is OCC(C1CC1)N(Cc1ccccc1)Cc1nc(C2CCCC2)no1. The highest BCUT2D eigenvalue weighted by Gasteiger charge is 2.35. The van der Waals surface area contributed by atoms with Gasteiger partial charge in [-0.25, -0.2) is 0 Å². The summed E-state index contributed by atoms with van der Waals surface area (Å²) in [6.07, 6.45) is 7.29. The summed E-state index contributed by atoms with van der Waals surface area (Å²) < 4.78 is 5.56. The molecule has 0 saturated heterocycles. The molecule has 5 heteroatoms. The van der Waals surface area contributed by atoms with Gasteiger partial charge in [0, 0.05) is 18.5 Å². The van der Waals surface area contributed by atoms with Gasteiger partial charge >= 0.3 is 0 Å². The summed E-state index contributed by atoms with van der Waals surface area (Å²) in [7, 11) is 0. The standard InChI is InChI=1S/C20H27N3O2/c24-14-18(16-10-11-16)23(12-15-6-2-1-3-7-15)13-19-21-20(22-25-19)17-8-4-5-9-17/h1-3,6-7,16-18,24H,4-5,8-14H2. The van der Waals surface area contributed by atoms with E-state index in [1.54, 1.807) is 0 Å². The van der Waals surface area contributed by atoms with Crippen molar-refractivity contribution in [1.82, 2.24) is 15.0 Å². The molecule has 2 aliphatic rings. The molecule has 1 aromatic carbocycles. The molecule has 2 fully saturated rings. The smallest absolute Gasteiger partial charge is 0.240 e. The van der Waals surface area contributed by atoms with Crippen molar-refractivity contribution in [3.63, 3.8) is 0 Å². The number of benzene rings is 1. The third-order valence-corrected chi connectivity index (χ3v) is 5.59. The Labute approximate surface area is 149 Å². The maximum Gasteiger partial charge on any atom is 0.240 e. The van der Waals surface area contributed by atoms with Crippen LogP contribution in [0.5, 0.6) is 0 Å². The van der Waals surface area contributed by atoms with Crippen molar-refractivity contribution in [3.8, 4) is 0 Å². The number of hydrogen-bond donors (Lipinski definition) is 1. The van der Waals surface area contributed by atoms with Gasteiger partial charge in [-0.1, -0.05) is 48.3 Å². The summed E-state index contributed by atoms with van der Waals surface area (Å²) >= 11 is 0. The Kier molecular flexibility index (Phi) is 5.13. The Morgan fingerprint density at radius 1 is 1.08 bits per heavy atom. The second-order valence-corrected chi connectivity index (χ2v) is 7.51. The van der Waals surface area contributed by atoms with E-state index in [4.69, 9.17) is 4.52 Å². The lowest BCUT2D eigenvalue weighted by Crippen LogP contribution is -2.38. The van der Waals surface area contributed by atoms with Gasteiger partial charge < -0.3 is 9.63 Å². The molecule has 0 aliphatic heterocycles. The highest BCUT2D eigenvalue weighted by Crippen LogP contribution is 2.36. The Morgan fingerprint density at radius 2 is 1.84 bits per heavy atom. The lowest BCUT2D eigenvalue weighted by atomic mass is 10.1. The number of hydrogen-bond acceptors (Lipinski definition) is 5. The first-order chi connectivity index (χ1) is 12.3. The average Bonchev–Trinajstić information content (AvgIpc) is 3.12. The van der Waals surface area contributed by atoms with Gasteiger partial charge in [-0.2, -0.15) is 4.98 Å². The lowest BCUT2D eigenvalue weighted by molar-refractivity contribution is 0.0845. The van der Waals surface area contributed by atoms with Gasteiger partial charge in [0.1, 0.15) is 0 Å². The normalized spacial score (nSPS) is 19.6. The minimum atomic E-state index is 0.169. The summed E-state index contributed by atoms with van der Waals surface area (Å²) in [5.74, 6) is 2.61. The Hall–Kier alpha value is -1.72. The van der Waals surface area contributed by atoms with Crippen LogP contribution < -0.4 is 0 Å². The van der Waals surface area contributed by atoms with Gasteiger partial charge in [0.05, 0.1) is 13.2 Å². The van der Waals surface area contributed by atoms with Gasteiger partial charge in [-0.3, -0.25) is 4.90 Å². The summed E-state index contributed by atoms with van der Waals surface area (Å²) in [6.45, 7) is 1.58. The zero-order valence-corrected chi connectivity index (χ0v) is 14.7. The number of aliphatic hydroxyl groups is 1. The third-order valence-electron chi connectivity index (χ3n) is 5.59. The number of rotatable bonds is 8. The summed E-state index contributed by atoms with van der Waals surface area (Å²) in [6, 6.07) is 10.6. The van der Waals surface area contributed by atoms with Crippen LogP contribution in [0.4, 0.5) is 0 Å². The van der Waals surface area contributed by atoms with E-state index in [0.29, 0.717) is 24.3 Å². The van der Waals surface area contributed by atoms with E-state index in [2.05, 4.69) is 39.3 Å². The molecule has 2 aliphatic carbocycles. The monoisotopic (exact) mass is 341 g/mol. The minimum absolute atomic E-state index is 0.169. The van der Waals surface area contributed by atoms with Crippen LogP contribution >= 0.6 is 0 Å². The van der Waals surface area contributed by atoms with Crippen LogP contribution in [0, 0.1) is 5.92 Å². The Morgan fingerprint density at radius 3 is 2.52 bits per heavy atom. The topological polar surface area (TPSA) is 62.4 Å². The molecule has 0 bridgehead atoms. The second kappa shape index (κ2) is 7.67. The molecule has 1 N–H and O–H groups in total. The molecule has 5 nitrogen and oxygen atoms in total. The molecule has 2 saturated carbocycles. The van der Waals surface area contributed by atoms with Crippen molar-refractivity contribution >= 4 is 0 Å². The number of nitrogens with zero attached hydrogens (tertiary/aromatic N) is 3. The van der Waals surface area contributed by atoms with Crippen LogP contribution in [-0.2, 0) is 13.1 Å². The molecular formula is C20H27N3O2. The van der Waals surface area contributed by atoms with Crippen molar-refractivity contribution in [2.45, 2.75) is 63.6 Å². The van der Waals surface area contributed by atoms with Gasteiger partial charge in [0.25, 0.3) is 0 Å². The predicted molar refractivity (Wildman–Crippen MR) is 94.8 cm³/mol. The number of aliphatic hydroxyl groups excluding tert-OH is 1. The van der Waals surface area contributed by atoms with E-state index in [9.17, 15) is 5.11 Å². The summed E-state index contributed by atoms with van der Waals surface area (Å²) in [5, 5.41) is 14.2. The fourth-order valence-electron chi connectivity index (χ4n) is 4.01. The van der Waals surface area contributed by atoms with E-state index in [1.165, 1.54) is 44.1 Å². The zero-order chi connectivity index (χ0) is 17.1. The van der Waals surface area contributed by atoms with Crippen LogP contribution in [0.15, 0.2) is 34.9 Å². The Balaban J connectivity index is 1.49. The molecule has 1 unspecified atom stereocenters. The van der Waals surface area contributed by atoms with E-state index in [-0.39, 0.29) is 12.6 Å². The van der Waals surface area contributed by atoms with Crippen molar-refractivity contribution in [2.24, 2.45) is 5.92 Å². The molecule has 0 radical (unpaired) electrons. The van der Waals surface area contributed by atoms with Crippen molar-refractivity contribution in [2.75, 3.05) is 6.61 Å². The van der Waals surface area contributed by atoms with Gasteiger partial charge in [-0.05, 0) is 37.2 Å². The first kappa shape index (κ1) is 16.7. The lowest BCUT2D eigenvalue weighted by Gasteiger charge is -2.29. The first-order valence-electron chi connectivity index (χ1n) is 9.55. The van der Waals surface area contributed by atoms with E-state index in [0.717, 1.165) is 12.4 Å². The van der Waals surface area contributed by atoms with Crippen LogP contribution in [0.2, 0.25) is 0 Å². The minimum Gasteiger partial charge on any atom is -0.395 e. The number of aromatic nitrogens is 2. The fraction of sp³-hybridized carbons (Fsp3) is 0.600. The van der Waals surface area contributed by atoms with Gasteiger partial charge in [0.2, 0.25) is 5.89 Å². The quantitative estimate of drug-likeness (QED) is 0.796. The molecule has 25 heavy (non-hydrogen) atoms. The molecule has 2 aromatic rings.